The summed E-state index contributed by atoms with van der Waals surface area (Å²) in [5, 5.41) is 4.37. The van der Waals surface area contributed by atoms with E-state index >= 15 is 0 Å². The molecule has 0 aromatic carbocycles. The van der Waals surface area contributed by atoms with Gasteiger partial charge in [-0.15, -0.1) is 0 Å². The highest BCUT2D eigenvalue weighted by Gasteiger charge is 2.47. The van der Waals surface area contributed by atoms with Crippen molar-refractivity contribution >= 4 is 15.9 Å². The maximum atomic E-state index is 12.0. The van der Waals surface area contributed by atoms with Crippen molar-refractivity contribution in [3.05, 3.63) is 0 Å². The molecule has 0 aromatic rings. The molecule has 1 amide bonds. The van der Waals surface area contributed by atoms with Gasteiger partial charge in [-0.3, -0.25) is 4.79 Å². The van der Waals surface area contributed by atoms with Crippen LogP contribution in [-0.2, 0) is 14.8 Å². The van der Waals surface area contributed by atoms with Gasteiger partial charge < -0.3 is 10.6 Å². The Bertz CT molecular complexity index is 503. The van der Waals surface area contributed by atoms with Crippen molar-refractivity contribution in [3.63, 3.8) is 0 Å². The van der Waals surface area contributed by atoms with Crippen LogP contribution in [0, 0.1) is 17.3 Å². The second-order valence-electron chi connectivity index (χ2n) is 7.07. The molecule has 7 heteroatoms. The third-order valence-corrected chi connectivity index (χ3v) is 6.28. The zero-order chi connectivity index (χ0) is 15.3. The summed E-state index contributed by atoms with van der Waals surface area (Å²) in [7, 11) is -3.65. The van der Waals surface area contributed by atoms with Crippen LogP contribution in [0.4, 0.5) is 0 Å². The predicted molar refractivity (Wildman–Crippen MR) is 77.1 cm³/mol. The van der Waals surface area contributed by atoms with Crippen LogP contribution in [0.3, 0.4) is 0 Å². The van der Waals surface area contributed by atoms with Gasteiger partial charge in [-0.1, -0.05) is 20.8 Å². The number of hydrogen-bond donors (Lipinski definition) is 2. The topological polar surface area (TPSA) is 106 Å². The lowest BCUT2D eigenvalue weighted by molar-refractivity contribution is -0.128. The first kappa shape index (κ1) is 15.7. The highest BCUT2D eigenvalue weighted by molar-refractivity contribution is 7.89. The predicted octanol–water partition coefficient (Wildman–Crippen LogP) is -0.115. The van der Waals surface area contributed by atoms with Gasteiger partial charge in [0.25, 0.3) is 0 Å². The van der Waals surface area contributed by atoms with Crippen molar-refractivity contribution in [1.29, 1.82) is 0 Å². The summed E-state index contributed by atoms with van der Waals surface area (Å²) in [6.07, 6.45) is 1.02. The van der Waals surface area contributed by atoms with Crippen molar-refractivity contribution in [2.75, 3.05) is 13.1 Å². The molecule has 4 atom stereocenters. The molecule has 4 unspecified atom stereocenters. The molecule has 20 heavy (non-hydrogen) atoms. The summed E-state index contributed by atoms with van der Waals surface area (Å²) in [6.45, 7) is 7.19. The molecule has 0 bridgehead atoms. The lowest BCUT2D eigenvalue weighted by Crippen LogP contribution is -2.43. The second-order valence-corrected chi connectivity index (χ2v) is 8.91. The lowest BCUT2D eigenvalue weighted by Gasteiger charge is -2.33. The van der Waals surface area contributed by atoms with Gasteiger partial charge in [0.2, 0.25) is 15.9 Å². The number of rotatable bonds is 3. The number of carbonyl (C=O) groups excluding carboxylic acids is 1. The minimum absolute atomic E-state index is 0.00320. The number of nitrogens with two attached hydrogens (primary N) is 2. The van der Waals surface area contributed by atoms with Crippen LogP contribution in [0.15, 0.2) is 0 Å². The first-order chi connectivity index (χ1) is 9.02. The summed E-state index contributed by atoms with van der Waals surface area (Å²) in [5.74, 6) is 0.481. The Balaban J connectivity index is 2.09. The number of primary sulfonamides is 1. The minimum Gasteiger partial charge on any atom is -0.341 e. The molecule has 2 aliphatic rings. The van der Waals surface area contributed by atoms with Gasteiger partial charge in [-0.05, 0) is 23.7 Å². The SMILES string of the molecule is CC1CC(C)(C)C(CN2CC(S(N)(=O)=O)CC2=O)C1N. The van der Waals surface area contributed by atoms with E-state index in [4.69, 9.17) is 10.9 Å². The van der Waals surface area contributed by atoms with E-state index in [1.165, 1.54) is 0 Å². The molecular formula is C13H25N3O3S. The van der Waals surface area contributed by atoms with E-state index in [0.29, 0.717) is 12.5 Å². The Morgan fingerprint density at radius 1 is 1.40 bits per heavy atom. The third-order valence-electron chi connectivity index (χ3n) is 5.03. The summed E-state index contributed by atoms with van der Waals surface area (Å²) in [5.41, 5.74) is 6.33. The molecule has 1 heterocycles. The molecular weight excluding hydrogens is 278 g/mol. The van der Waals surface area contributed by atoms with E-state index in [-0.39, 0.29) is 36.2 Å². The third kappa shape index (κ3) is 2.84. The molecule has 2 rings (SSSR count). The van der Waals surface area contributed by atoms with Gasteiger partial charge in [-0.2, -0.15) is 0 Å². The van der Waals surface area contributed by atoms with Crippen LogP contribution < -0.4 is 10.9 Å². The maximum Gasteiger partial charge on any atom is 0.224 e. The summed E-state index contributed by atoms with van der Waals surface area (Å²) >= 11 is 0. The fourth-order valence-corrected chi connectivity index (χ4v) is 4.54. The standard InChI is InChI=1S/C13H25N3O3S/c1-8-5-13(2,3)10(12(8)14)7-16-6-9(4-11(16)17)20(15,18)19/h8-10,12H,4-7,14H2,1-3H3,(H2,15,18,19). The van der Waals surface area contributed by atoms with Crippen LogP contribution >= 0.6 is 0 Å². The van der Waals surface area contributed by atoms with E-state index in [2.05, 4.69) is 20.8 Å². The first-order valence-electron chi connectivity index (χ1n) is 7.07. The minimum atomic E-state index is -3.65. The van der Waals surface area contributed by atoms with Crippen molar-refractivity contribution in [1.82, 2.24) is 4.90 Å². The molecule has 1 aliphatic heterocycles. The molecule has 0 radical (unpaired) electrons. The van der Waals surface area contributed by atoms with Crippen LogP contribution in [0.5, 0.6) is 0 Å². The van der Waals surface area contributed by atoms with Gasteiger partial charge in [0.1, 0.15) is 5.25 Å². The molecule has 1 aliphatic carbocycles. The van der Waals surface area contributed by atoms with E-state index in [1.54, 1.807) is 4.90 Å². The quantitative estimate of drug-likeness (QED) is 0.758. The number of carbonyl (C=O) groups is 1. The largest absolute Gasteiger partial charge is 0.341 e. The van der Waals surface area contributed by atoms with Crippen molar-refractivity contribution in [3.8, 4) is 0 Å². The van der Waals surface area contributed by atoms with E-state index < -0.39 is 15.3 Å². The second kappa shape index (κ2) is 4.96. The summed E-state index contributed by atoms with van der Waals surface area (Å²) in [6, 6.07) is 0.0475. The average molecular weight is 303 g/mol. The molecule has 116 valence electrons. The molecule has 0 aromatic heterocycles. The lowest BCUT2D eigenvalue weighted by atomic mass is 9.80. The van der Waals surface area contributed by atoms with Gasteiger partial charge in [0.15, 0.2) is 0 Å². The monoisotopic (exact) mass is 303 g/mol. The number of sulfonamides is 1. The molecule has 2 fully saturated rings. The molecule has 6 nitrogen and oxygen atoms in total. The number of likely N-dealkylation sites (tertiary alicyclic amines) is 1. The van der Waals surface area contributed by atoms with E-state index in [9.17, 15) is 13.2 Å². The molecule has 4 N–H and O–H groups in total. The van der Waals surface area contributed by atoms with E-state index in [0.717, 1.165) is 6.42 Å². The number of nitrogens with zero attached hydrogens (tertiary/aromatic N) is 1. The van der Waals surface area contributed by atoms with Gasteiger partial charge in [0, 0.05) is 25.6 Å². The fourth-order valence-electron chi connectivity index (χ4n) is 3.77. The van der Waals surface area contributed by atoms with Crippen molar-refractivity contribution in [2.24, 2.45) is 28.1 Å². The van der Waals surface area contributed by atoms with E-state index in [1.807, 2.05) is 0 Å². The highest BCUT2D eigenvalue weighted by atomic mass is 32.2. The fraction of sp³-hybridized carbons (Fsp3) is 0.923. The van der Waals surface area contributed by atoms with Crippen molar-refractivity contribution in [2.45, 2.75) is 44.9 Å². The zero-order valence-corrected chi connectivity index (χ0v) is 13.2. The Morgan fingerprint density at radius 2 is 2.00 bits per heavy atom. The smallest absolute Gasteiger partial charge is 0.224 e. The van der Waals surface area contributed by atoms with Crippen LogP contribution in [0.25, 0.3) is 0 Å². The normalized spacial score (nSPS) is 37.6. The maximum absolute atomic E-state index is 12.0. The van der Waals surface area contributed by atoms with Gasteiger partial charge in [0.05, 0.1) is 0 Å². The first-order valence-corrected chi connectivity index (χ1v) is 8.68. The summed E-state index contributed by atoms with van der Waals surface area (Å²) in [4.78, 5) is 13.6. The number of amides is 1. The van der Waals surface area contributed by atoms with Crippen LogP contribution in [-0.4, -0.2) is 43.6 Å². The van der Waals surface area contributed by atoms with Crippen LogP contribution in [0.2, 0.25) is 0 Å². The zero-order valence-electron chi connectivity index (χ0n) is 12.4. The summed E-state index contributed by atoms with van der Waals surface area (Å²) < 4.78 is 22.8. The van der Waals surface area contributed by atoms with Crippen LogP contribution in [0.1, 0.15) is 33.6 Å². The Labute approximate surface area is 120 Å². The molecule has 1 saturated heterocycles. The Morgan fingerprint density at radius 3 is 2.40 bits per heavy atom. The van der Waals surface area contributed by atoms with Gasteiger partial charge in [-0.25, -0.2) is 13.6 Å². The Hall–Kier alpha value is -0.660. The molecule has 0 spiro atoms. The average Bonchev–Trinajstić information content (AvgIpc) is 2.73. The Kier molecular flexibility index (Phi) is 3.90. The van der Waals surface area contributed by atoms with Crippen molar-refractivity contribution < 1.29 is 13.2 Å². The molecule has 1 saturated carbocycles. The number of hydrogen-bond acceptors (Lipinski definition) is 4. The highest BCUT2D eigenvalue weighted by Crippen LogP contribution is 2.45. The van der Waals surface area contributed by atoms with Gasteiger partial charge >= 0.3 is 0 Å².